The Kier molecular flexibility index (Phi) is 6.37. The molecule has 6 nitrogen and oxygen atoms in total. The minimum Gasteiger partial charge on any atom is -0.351 e. The Balaban J connectivity index is 1.63. The van der Waals surface area contributed by atoms with E-state index in [1.807, 2.05) is 25.1 Å². The van der Waals surface area contributed by atoms with Crippen LogP contribution in [0.3, 0.4) is 0 Å². The van der Waals surface area contributed by atoms with Crippen molar-refractivity contribution in [1.29, 1.82) is 0 Å². The molecule has 0 saturated carbocycles. The van der Waals surface area contributed by atoms with Crippen LogP contribution in [0.5, 0.6) is 0 Å². The van der Waals surface area contributed by atoms with E-state index >= 15 is 0 Å². The first-order valence-corrected chi connectivity index (χ1v) is 9.71. The highest BCUT2D eigenvalue weighted by molar-refractivity contribution is 5.92. The molecule has 0 aliphatic rings. The largest absolute Gasteiger partial charge is 0.351 e. The number of urea groups is 1. The Labute approximate surface area is 176 Å². The van der Waals surface area contributed by atoms with Crippen molar-refractivity contribution < 1.29 is 9.59 Å². The normalized spacial score (nSPS) is 10.9. The molecule has 2 aromatic carbocycles. The molecule has 0 fully saturated rings. The number of benzene rings is 2. The maximum absolute atomic E-state index is 12.2. The van der Waals surface area contributed by atoms with Crippen molar-refractivity contribution in [2.24, 2.45) is 5.73 Å². The number of hydrogen-bond donors (Lipinski definition) is 3. The van der Waals surface area contributed by atoms with E-state index < -0.39 is 6.03 Å². The molecule has 0 atom stereocenters. The molecule has 0 saturated heterocycles. The van der Waals surface area contributed by atoms with Crippen molar-refractivity contribution in [3.05, 3.63) is 88.8 Å². The van der Waals surface area contributed by atoms with E-state index in [9.17, 15) is 9.59 Å². The topological polar surface area (TPSA) is 89.2 Å². The van der Waals surface area contributed by atoms with Gasteiger partial charge in [0.1, 0.15) is 0 Å². The van der Waals surface area contributed by atoms with Crippen LogP contribution in [0.1, 0.15) is 28.1 Å². The number of nitrogens with zero attached hydrogens (tertiary/aromatic N) is 1. The number of nitrogens with two attached hydrogens (primary N) is 1. The van der Waals surface area contributed by atoms with Crippen molar-refractivity contribution in [2.45, 2.75) is 27.3 Å². The minimum atomic E-state index is -0.608. The van der Waals surface area contributed by atoms with E-state index in [-0.39, 0.29) is 5.91 Å². The average molecular weight is 402 g/mol. The lowest BCUT2D eigenvalue weighted by molar-refractivity contribution is -0.116. The van der Waals surface area contributed by atoms with Gasteiger partial charge in [-0.25, -0.2) is 4.79 Å². The summed E-state index contributed by atoms with van der Waals surface area (Å²) in [6, 6.07) is 17.0. The van der Waals surface area contributed by atoms with Gasteiger partial charge in [-0.15, -0.1) is 0 Å². The lowest BCUT2D eigenvalue weighted by Crippen LogP contribution is -2.20. The van der Waals surface area contributed by atoms with Crippen molar-refractivity contribution in [3.8, 4) is 5.69 Å². The molecule has 0 bridgehead atoms. The van der Waals surface area contributed by atoms with Crippen LogP contribution in [0.25, 0.3) is 11.8 Å². The number of primary amides is 1. The second-order valence-electron chi connectivity index (χ2n) is 7.23. The quantitative estimate of drug-likeness (QED) is 0.539. The van der Waals surface area contributed by atoms with Gasteiger partial charge in [0, 0.05) is 35.4 Å². The molecular formula is C24H26N4O2. The summed E-state index contributed by atoms with van der Waals surface area (Å²) in [5, 5.41) is 5.36. The van der Waals surface area contributed by atoms with Crippen molar-refractivity contribution in [2.75, 3.05) is 5.32 Å². The third kappa shape index (κ3) is 5.17. The summed E-state index contributed by atoms with van der Waals surface area (Å²) in [5.41, 5.74) is 12.1. The van der Waals surface area contributed by atoms with E-state index in [0.717, 1.165) is 28.2 Å². The fourth-order valence-corrected chi connectivity index (χ4v) is 3.31. The number of anilines is 1. The smallest absolute Gasteiger partial charge is 0.316 e. The zero-order valence-corrected chi connectivity index (χ0v) is 17.4. The third-order valence-corrected chi connectivity index (χ3v) is 4.86. The van der Waals surface area contributed by atoms with Gasteiger partial charge in [0.05, 0.1) is 0 Å². The number of carbonyl (C=O) groups is 2. The van der Waals surface area contributed by atoms with Crippen molar-refractivity contribution in [1.82, 2.24) is 9.88 Å². The molecule has 30 heavy (non-hydrogen) atoms. The number of aryl methyl sites for hydroxylation is 2. The Morgan fingerprint density at radius 3 is 2.30 bits per heavy atom. The monoisotopic (exact) mass is 402 g/mol. The van der Waals surface area contributed by atoms with Crippen LogP contribution in [-0.4, -0.2) is 16.5 Å². The highest BCUT2D eigenvalue weighted by atomic mass is 16.2. The molecule has 3 rings (SSSR count). The lowest BCUT2D eigenvalue weighted by Gasteiger charge is -2.10. The summed E-state index contributed by atoms with van der Waals surface area (Å²) in [6.45, 7) is 6.56. The van der Waals surface area contributed by atoms with Gasteiger partial charge < -0.3 is 20.9 Å². The third-order valence-electron chi connectivity index (χ3n) is 4.86. The van der Waals surface area contributed by atoms with E-state index in [1.165, 1.54) is 5.56 Å². The molecule has 3 aromatic rings. The molecule has 154 valence electrons. The Bertz CT molecular complexity index is 1080. The van der Waals surface area contributed by atoms with Gasteiger partial charge in [-0.1, -0.05) is 29.8 Å². The minimum absolute atomic E-state index is 0.172. The standard InChI is InChI=1S/C24H26N4O2/c1-16-4-11-22(12-5-16)28-17(2)14-20(18(28)3)8-13-23(29)26-15-19-6-9-21(10-7-19)27-24(25)30/h4-14H,15H2,1-3H3,(H,26,29)(H3,25,27,30)/b13-8+. The van der Waals surface area contributed by atoms with Gasteiger partial charge in [-0.3, -0.25) is 4.79 Å². The second kappa shape index (κ2) is 9.13. The first kappa shape index (κ1) is 20.9. The lowest BCUT2D eigenvalue weighted by atomic mass is 10.2. The zero-order chi connectivity index (χ0) is 21.7. The highest BCUT2D eigenvalue weighted by Gasteiger charge is 2.09. The molecule has 0 aliphatic heterocycles. The van der Waals surface area contributed by atoms with E-state index in [0.29, 0.717) is 12.2 Å². The summed E-state index contributed by atoms with van der Waals surface area (Å²) in [5.74, 6) is -0.172. The molecule has 3 amide bonds. The predicted octanol–water partition coefficient (Wildman–Crippen LogP) is 4.22. The summed E-state index contributed by atoms with van der Waals surface area (Å²) in [7, 11) is 0. The number of rotatable bonds is 6. The van der Waals surface area contributed by atoms with Gasteiger partial charge in [-0.2, -0.15) is 0 Å². The molecule has 0 unspecified atom stereocenters. The van der Waals surface area contributed by atoms with Gasteiger partial charge in [0.25, 0.3) is 0 Å². The molecule has 6 heteroatoms. The molecule has 0 aliphatic carbocycles. The van der Waals surface area contributed by atoms with Crippen LogP contribution in [0.4, 0.5) is 10.5 Å². The Morgan fingerprint density at radius 1 is 1.00 bits per heavy atom. The summed E-state index contributed by atoms with van der Waals surface area (Å²) in [6.07, 6.45) is 3.38. The first-order valence-electron chi connectivity index (χ1n) is 9.71. The van der Waals surface area contributed by atoms with Crippen LogP contribution >= 0.6 is 0 Å². The number of aromatic nitrogens is 1. The van der Waals surface area contributed by atoms with Crippen molar-refractivity contribution >= 4 is 23.7 Å². The maximum atomic E-state index is 12.2. The van der Waals surface area contributed by atoms with E-state index in [2.05, 4.69) is 59.4 Å². The van der Waals surface area contributed by atoms with Gasteiger partial charge >= 0.3 is 6.03 Å². The number of amides is 3. The molecule has 1 heterocycles. The highest BCUT2D eigenvalue weighted by Crippen LogP contribution is 2.22. The fourth-order valence-electron chi connectivity index (χ4n) is 3.31. The summed E-state index contributed by atoms with van der Waals surface area (Å²) >= 11 is 0. The molecule has 4 N–H and O–H groups in total. The Morgan fingerprint density at radius 2 is 1.67 bits per heavy atom. The number of hydrogen-bond acceptors (Lipinski definition) is 2. The second-order valence-corrected chi connectivity index (χ2v) is 7.23. The van der Waals surface area contributed by atoms with Crippen LogP contribution in [0.2, 0.25) is 0 Å². The zero-order valence-electron chi connectivity index (χ0n) is 17.4. The van der Waals surface area contributed by atoms with E-state index in [4.69, 9.17) is 5.73 Å². The van der Waals surface area contributed by atoms with Crippen molar-refractivity contribution in [3.63, 3.8) is 0 Å². The van der Waals surface area contributed by atoms with Gasteiger partial charge in [0.2, 0.25) is 5.91 Å². The van der Waals surface area contributed by atoms with Crippen LogP contribution in [-0.2, 0) is 11.3 Å². The van der Waals surface area contributed by atoms with Crippen LogP contribution in [0.15, 0.2) is 60.7 Å². The van der Waals surface area contributed by atoms with Gasteiger partial charge in [-0.05, 0) is 68.3 Å². The van der Waals surface area contributed by atoms with Crippen LogP contribution in [0, 0.1) is 20.8 Å². The first-order chi connectivity index (χ1) is 14.3. The number of carbonyl (C=O) groups excluding carboxylic acids is 2. The summed E-state index contributed by atoms with van der Waals surface area (Å²) in [4.78, 5) is 23.1. The Hall–Kier alpha value is -3.80. The molecule has 1 aromatic heterocycles. The molecular weight excluding hydrogens is 376 g/mol. The average Bonchev–Trinajstić information content (AvgIpc) is 2.99. The SMILES string of the molecule is Cc1ccc(-n2c(C)cc(/C=C/C(=O)NCc3ccc(NC(N)=O)cc3)c2C)cc1. The molecule has 0 spiro atoms. The van der Waals surface area contributed by atoms with E-state index in [1.54, 1.807) is 18.2 Å². The molecule has 0 radical (unpaired) electrons. The van der Waals surface area contributed by atoms with Crippen LogP contribution < -0.4 is 16.4 Å². The predicted molar refractivity (Wildman–Crippen MR) is 121 cm³/mol. The summed E-state index contributed by atoms with van der Waals surface area (Å²) < 4.78 is 2.18. The number of nitrogens with one attached hydrogen (secondary N) is 2. The fraction of sp³-hybridized carbons (Fsp3) is 0.167. The maximum Gasteiger partial charge on any atom is 0.316 e. The van der Waals surface area contributed by atoms with Gasteiger partial charge in [0.15, 0.2) is 0 Å².